The van der Waals surface area contributed by atoms with Gasteiger partial charge in [-0.05, 0) is 85.3 Å². The van der Waals surface area contributed by atoms with Gasteiger partial charge in [-0.1, -0.05) is 0 Å². The number of hydrogen-bond donors (Lipinski definition) is 1. The summed E-state index contributed by atoms with van der Waals surface area (Å²) in [7, 11) is 0. The van der Waals surface area contributed by atoms with Gasteiger partial charge in [-0.25, -0.2) is 0 Å². The quantitative estimate of drug-likeness (QED) is 0.390. The molecule has 2 aromatic heterocycles. The number of aryl methyl sites for hydroxylation is 3. The number of nitrogens with zero attached hydrogens (tertiary/aromatic N) is 2. The highest BCUT2D eigenvalue weighted by molar-refractivity contribution is 14.1. The van der Waals surface area contributed by atoms with E-state index in [4.69, 9.17) is 9.15 Å². The van der Waals surface area contributed by atoms with Gasteiger partial charge in [0.05, 0.1) is 5.69 Å². The third-order valence-electron chi connectivity index (χ3n) is 4.02. The van der Waals surface area contributed by atoms with Gasteiger partial charge in [-0.2, -0.15) is 5.10 Å². The number of carbonyl (C=O) groups is 1. The van der Waals surface area contributed by atoms with Gasteiger partial charge in [-0.15, -0.1) is 0 Å². The molecule has 0 aliphatic rings. The van der Waals surface area contributed by atoms with Gasteiger partial charge in [0.1, 0.15) is 18.1 Å². The number of benzene rings is 1. The largest absolute Gasteiger partial charge is 0.486 e. The Morgan fingerprint density at radius 3 is 2.70 bits per heavy atom. The van der Waals surface area contributed by atoms with Crippen LogP contribution in [0.3, 0.4) is 0 Å². The first kappa shape index (κ1) is 19.5. The molecule has 0 aliphatic heterocycles. The van der Waals surface area contributed by atoms with Crippen molar-refractivity contribution in [2.45, 2.75) is 33.4 Å². The minimum Gasteiger partial charge on any atom is -0.486 e. The Balaban J connectivity index is 1.42. The molecule has 0 unspecified atom stereocenters. The van der Waals surface area contributed by atoms with E-state index in [0.29, 0.717) is 18.1 Å². The van der Waals surface area contributed by atoms with Gasteiger partial charge in [0, 0.05) is 22.4 Å². The number of rotatable bonds is 8. The van der Waals surface area contributed by atoms with Crippen molar-refractivity contribution in [1.82, 2.24) is 15.1 Å². The zero-order valence-electron chi connectivity index (χ0n) is 15.4. The lowest BCUT2D eigenvalue weighted by Crippen LogP contribution is -2.25. The van der Waals surface area contributed by atoms with E-state index in [-0.39, 0.29) is 12.5 Å². The lowest BCUT2D eigenvalue weighted by molar-refractivity contribution is 0.0921. The van der Waals surface area contributed by atoms with Gasteiger partial charge in [0.25, 0.3) is 5.91 Å². The van der Waals surface area contributed by atoms with Crippen LogP contribution in [0.2, 0.25) is 0 Å². The highest BCUT2D eigenvalue weighted by Gasteiger charge is 2.11. The molecule has 142 valence electrons. The Labute approximate surface area is 172 Å². The number of halogens is 1. The molecule has 2 heterocycles. The van der Waals surface area contributed by atoms with Crippen molar-refractivity contribution >= 4 is 28.5 Å². The molecule has 0 atom stereocenters. The molecule has 0 spiro atoms. The van der Waals surface area contributed by atoms with E-state index in [2.05, 4.69) is 33.0 Å². The SMILES string of the molecule is Cc1cc(C)n(CCCNC(=O)c2ccc(COc3ccc(I)cc3)o2)n1. The van der Waals surface area contributed by atoms with Gasteiger partial charge in [0.2, 0.25) is 0 Å². The highest BCUT2D eigenvalue weighted by atomic mass is 127. The molecule has 0 fully saturated rings. The van der Waals surface area contributed by atoms with Crippen LogP contribution < -0.4 is 10.1 Å². The molecular formula is C20H22IN3O3. The fraction of sp³-hybridized carbons (Fsp3) is 0.300. The minimum atomic E-state index is -0.219. The van der Waals surface area contributed by atoms with Crippen LogP contribution in [-0.2, 0) is 13.2 Å². The number of ether oxygens (including phenoxy) is 1. The standard InChI is InChI=1S/C20H22IN3O3/c1-14-12-15(2)24(23-14)11-3-10-22-20(25)19-9-8-18(27-19)13-26-17-6-4-16(21)5-7-17/h4-9,12H,3,10-11,13H2,1-2H3,(H,22,25). The summed E-state index contributed by atoms with van der Waals surface area (Å²) in [6.07, 6.45) is 0.803. The number of nitrogens with one attached hydrogen (secondary N) is 1. The van der Waals surface area contributed by atoms with Crippen LogP contribution >= 0.6 is 22.6 Å². The van der Waals surface area contributed by atoms with Crippen LogP contribution in [0.25, 0.3) is 0 Å². The number of carbonyl (C=O) groups excluding carboxylic acids is 1. The third kappa shape index (κ3) is 5.59. The lowest BCUT2D eigenvalue weighted by atomic mass is 10.3. The van der Waals surface area contributed by atoms with Gasteiger partial charge in [-0.3, -0.25) is 9.48 Å². The van der Waals surface area contributed by atoms with E-state index in [1.807, 2.05) is 48.9 Å². The zero-order valence-corrected chi connectivity index (χ0v) is 17.5. The molecule has 0 aliphatic carbocycles. The molecule has 3 aromatic rings. The average molecular weight is 479 g/mol. The van der Waals surface area contributed by atoms with Crippen molar-refractivity contribution in [3.63, 3.8) is 0 Å². The maximum Gasteiger partial charge on any atom is 0.286 e. The minimum absolute atomic E-state index is 0.219. The van der Waals surface area contributed by atoms with Gasteiger partial charge >= 0.3 is 0 Å². The molecule has 1 amide bonds. The monoisotopic (exact) mass is 479 g/mol. The van der Waals surface area contributed by atoms with Crippen molar-refractivity contribution in [2.24, 2.45) is 0 Å². The molecule has 6 nitrogen and oxygen atoms in total. The number of hydrogen-bond acceptors (Lipinski definition) is 4. The molecule has 0 bridgehead atoms. The molecule has 0 saturated heterocycles. The van der Waals surface area contributed by atoms with Crippen LogP contribution in [0.4, 0.5) is 0 Å². The summed E-state index contributed by atoms with van der Waals surface area (Å²) in [5.41, 5.74) is 2.13. The lowest BCUT2D eigenvalue weighted by Gasteiger charge is -2.06. The van der Waals surface area contributed by atoms with E-state index < -0.39 is 0 Å². The summed E-state index contributed by atoms with van der Waals surface area (Å²) in [6, 6.07) is 13.2. The van der Waals surface area contributed by atoms with E-state index >= 15 is 0 Å². The van der Waals surface area contributed by atoms with Crippen LogP contribution in [0, 0.1) is 17.4 Å². The number of furan rings is 1. The third-order valence-corrected chi connectivity index (χ3v) is 4.73. The van der Waals surface area contributed by atoms with E-state index in [0.717, 1.165) is 33.7 Å². The molecule has 0 saturated carbocycles. The average Bonchev–Trinajstić information content (AvgIpc) is 3.24. The van der Waals surface area contributed by atoms with E-state index in [9.17, 15) is 4.79 Å². The molecule has 1 N–H and O–H groups in total. The molecule has 3 rings (SSSR count). The van der Waals surface area contributed by atoms with Gasteiger partial charge in [0.15, 0.2) is 5.76 Å². The van der Waals surface area contributed by atoms with Crippen LogP contribution in [0.5, 0.6) is 5.75 Å². The first-order chi connectivity index (χ1) is 13.0. The zero-order chi connectivity index (χ0) is 19.2. The molecule has 7 heteroatoms. The van der Waals surface area contributed by atoms with Crippen molar-refractivity contribution in [3.8, 4) is 5.75 Å². The van der Waals surface area contributed by atoms with Crippen molar-refractivity contribution in [3.05, 3.63) is 68.9 Å². The summed E-state index contributed by atoms with van der Waals surface area (Å²) in [4.78, 5) is 12.2. The first-order valence-corrected chi connectivity index (χ1v) is 9.85. The summed E-state index contributed by atoms with van der Waals surface area (Å²) in [5.74, 6) is 1.45. The van der Waals surface area contributed by atoms with Crippen molar-refractivity contribution < 1.29 is 13.9 Å². The Hall–Kier alpha value is -2.29. The summed E-state index contributed by atoms with van der Waals surface area (Å²) < 4.78 is 14.3. The Kier molecular flexibility index (Phi) is 6.54. The van der Waals surface area contributed by atoms with Crippen molar-refractivity contribution in [1.29, 1.82) is 0 Å². The summed E-state index contributed by atoms with van der Waals surface area (Å²) in [5, 5.41) is 7.28. The molecule has 27 heavy (non-hydrogen) atoms. The molecule has 0 radical (unpaired) electrons. The fourth-order valence-electron chi connectivity index (χ4n) is 2.68. The molecular weight excluding hydrogens is 457 g/mol. The van der Waals surface area contributed by atoms with Gasteiger partial charge < -0.3 is 14.5 Å². The second kappa shape index (κ2) is 9.07. The molecule has 1 aromatic carbocycles. The normalized spacial score (nSPS) is 10.8. The second-order valence-electron chi connectivity index (χ2n) is 6.27. The predicted molar refractivity (Wildman–Crippen MR) is 111 cm³/mol. The highest BCUT2D eigenvalue weighted by Crippen LogP contribution is 2.16. The van der Waals surface area contributed by atoms with E-state index in [1.54, 1.807) is 12.1 Å². The Morgan fingerprint density at radius 1 is 1.22 bits per heavy atom. The Morgan fingerprint density at radius 2 is 2.00 bits per heavy atom. The van der Waals surface area contributed by atoms with Crippen LogP contribution in [0.1, 0.15) is 34.1 Å². The topological polar surface area (TPSA) is 69.3 Å². The fourth-order valence-corrected chi connectivity index (χ4v) is 3.04. The Bertz CT molecular complexity index is 900. The van der Waals surface area contributed by atoms with Crippen molar-refractivity contribution in [2.75, 3.05) is 6.54 Å². The van der Waals surface area contributed by atoms with Crippen LogP contribution in [0.15, 0.2) is 46.9 Å². The second-order valence-corrected chi connectivity index (χ2v) is 7.51. The smallest absolute Gasteiger partial charge is 0.286 e. The first-order valence-electron chi connectivity index (χ1n) is 8.77. The number of aromatic nitrogens is 2. The van der Waals surface area contributed by atoms with E-state index in [1.165, 1.54) is 0 Å². The summed E-state index contributed by atoms with van der Waals surface area (Å²) >= 11 is 2.24. The summed E-state index contributed by atoms with van der Waals surface area (Å²) in [6.45, 7) is 5.62. The number of amides is 1. The maximum absolute atomic E-state index is 12.2. The maximum atomic E-state index is 12.2. The van der Waals surface area contributed by atoms with Crippen LogP contribution in [-0.4, -0.2) is 22.2 Å². The predicted octanol–water partition coefficient (Wildman–Crippen LogP) is 4.10.